The van der Waals surface area contributed by atoms with Crippen LogP contribution in [0.15, 0.2) is 0 Å². The van der Waals surface area contributed by atoms with Gasteiger partial charge in [-0.05, 0) is 12.3 Å². The van der Waals surface area contributed by atoms with Crippen LogP contribution in [-0.4, -0.2) is 26.7 Å². The van der Waals surface area contributed by atoms with Crippen LogP contribution in [0.25, 0.3) is 0 Å². The van der Waals surface area contributed by atoms with Crippen LogP contribution in [-0.2, 0) is 6.42 Å². The molecule has 15 heavy (non-hydrogen) atoms. The zero-order chi connectivity index (χ0) is 11.1. The van der Waals surface area contributed by atoms with Gasteiger partial charge in [0.2, 0.25) is 0 Å². The van der Waals surface area contributed by atoms with Gasteiger partial charge in [0.05, 0.1) is 0 Å². The van der Waals surface area contributed by atoms with Gasteiger partial charge in [-0.25, -0.2) is 0 Å². The molecule has 0 amide bonds. The Balaban J connectivity index is 2.20. The van der Waals surface area contributed by atoms with E-state index in [-0.39, 0.29) is 6.04 Å². The molecule has 0 spiro atoms. The Morgan fingerprint density at radius 2 is 2.27 bits per heavy atom. The third kappa shape index (κ3) is 4.88. The third-order valence-corrected chi connectivity index (χ3v) is 2.59. The number of nitrogens with one attached hydrogen (secondary N) is 1. The predicted octanol–water partition coefficient (Wildman–Crippen LogP) is 1.29. The summed E-state index contributed by atoms with van der Waals surface area (Å²) < 4.78 is 0. The summed E-state index contributed by atoms with van der Waals surface area (Å²) in [5, 5.41) is 13.7. The second-order valence-corrected chi connectivity index (χ2v) is 4.28. The number of nitrogens with two attached hydrogens (primary N) is 1. The SMILES string of the molecule is CCCCC(C)CC(N)Cc1nn[nH]n1. The number of H-pyrrole nitrogens is 1. The van der Waals surface area contributed by atoms with Gasteiger partial charge in [0.1, 0.15) is 0 Å². The van der Waals surface area contributed by atoms with Crippen LogP contribution in [0.5, 0.6) is 0 Å². The number of hydrogen-bond acceptors (Lipinski definition) is 4. The molecule has 1 aromatic heterocycles. The van der Waals surface area contributed by atoms with Crippen molar-refractivity contribution in [1.82, 2.24) is 20.6 Å². The van der Waals surface area contributed by atoms with Gasteiger partial charge in [-0.1, -0.05) is 38.3 Å². The van der Waals surface area contributed by atoms with Crippen molar-refractivity contribution in [3.05, 3.63) is 5.82 Å². The van der Waals surface area contributed by atoms with Crippen molar-refractivity contribution >= 4 is 0 Å². The fraction of sp³-hybridized carbons (Fsp3) is 0.900. The molecule has 0 fully saturated rings. The molecule has 0 aliphatic heterocycles. The standard InChI is InChI=1S/C10H21N5/c1-3-4-5-8(2)6-9(11)7-10-12-14-15-13-10/h8-9H,3-7,11H2,1-2H3,(H,12,13,14,15). The molecule has 2 atom stereocenters. The topological polar surface area (TPSA) is 80.5 Å². The van der Waals surface area contributed by atoms with E-state index in [0.717, 1.165) is 6.42 Å². The lowest BCUT2D eigenvalue weighted by Gasteiger charge is -2.15. The molecule has 1 heterocycles. The number of unbranched alkanes of at least 4 members (excludes halogenated alkanes) is 1. The van der Waals surface area contributed by atoms with Crippen molar-refractivity contribution in [2.45, 2.75) is 52.0 Å². The smallest absolute Gasteiger partial charge is 0.176 e. The molecule has 0 saturated heterocycles. The second-order valence-electron chi connectivity index (χ2n) is 4.28. The highest BCUT2D eigenvalue weighted by Crippen LogP contribution is 2.14. The zero-order valence-electron chi connectivity index (χ0n) is 9.61. The second kappa shape index (κ2) is 6.50. The minimum atomic E-state index is 0.148. The first kappa shape index (κ1) is 12.1. The van der Waals surface area contributed by atoms with Gasteiger partial charge >= 0.3 is 0 Å². The van der Waals surface area contributed by atoms with Crippen LogP contribution < -0.4 is 5.73 Å². The largest absolute Gasteiger partial charge is 0.327 e. The van der Waals surface area contributed by atoms with Gasteiger partial charge in [0, 0.05) is 12.5 Å². The quantitative estimate of drug-likeness (QED) is 0.712. The van der Waals surface area contributed by atoms with E-state index < -0.39 is 0 Å². The maximum atomic E-state index is 6.02. The van der Waals surface area contributed by atoms with Crippen LogP contribution in [0, 0.1) is 5.92 Å². The summed E-state index contributed by atoms with van der Waals surface area (Å²) in [6.45, 7) is 4.47. The minimum absolute atomic E-state index is 0.148. The van der Waals surface area contributed by atoms with Gasteiger partial charge in [-0.2, -0.15) is 5.21 Å². The Hall–Kier alpha value is -0.970. The van der Waals surface area contributed by atoms with Gasteiger partial charge in [0.15, 0.2) is 5.82 Å². The molecule has 0 aliphatic carbocycles. The Morgan fingerprint density at radius 1 is 1.47 bits per heavy atom. The van der Waals surface area contributed by atoms with Gasteiger partial charge in [-0.3, -0.25) is 0 Å². The van der Waals surface area contributed by atoms with E-state index in [2.05, 4.69) is 34.5 Å². The van der Waals surface area contributed by atoms with Crippen molar-refractivity contribution in [3.8, 4) is 0 Å². The van der Waals surface area contributed by atoms with Crippen molar-refractivity contribution < 1.29 is 0 Å². The highest BCUT2D eigenvalue weighted by atomic mass is 15.5. The summed E-state index contributed by atoms with van der Waals surface area (Å²) in [5.74, 6) is 1.40. The van der Waals surface area contributed by atoms with E-state index >= 15 is 0 Å². The number of hydrogen-bond donors (Lipinski definition) is 2. The predicted molar refractivity (Wildman–Crippen MR) is 59.2 cm³/mol. The Labute approximate surface area is 90.8 Å². The maximum Gasteiger partial charge on any atom is 0.176 e. The third-order valence-electron chi connectivity index (χ3n) is 2.59. The molecule has 86 valence electrons. The monoisotopic (exact) mass is 211 g/mol. The first-order chi connectivity index (χ1) is 7.22. The lowest BCUT2D eigenvalue weighted by Crippen LogP contribution is -2.26. The summed E-state index contributed by atoms with van der Waals surface area (Å²) >= 11 is 0. The minimum Gasteiger partial charge on any atom is -0.327 e. The summed E-state index contributed by atoms with van der Waals surface area (Å²) in [7, 11) is 0. The Morgan fingerprint density at radius 3 is 2.87 bits per heavy atom. The molecule has 0 aliphatic rings. The fourth-order valence-electron chi connectivity index (χ4n) is 1.77. The Bertz CT molecular complexity index is 246. The van der Waals surface area contributed by atoms with Crippen molar-refractivity contribution in [1.29, 1.82) is 0 Å². The first-order valence-electron chi connectivity index (χ1n) is 5.70. The Kier molecular flexibility index (Phi) is 5.25. The van der Waals surface area contributed by atoms with E-state index in [0.29, 0.717) is 18.2 Å². The van der Waals surface area contributed by atoms with Crippen LogP contribution in [0.3, 0.4) is 0 Å². The van der Waals surface area contributed by atoms with Crippen LogP contribution in [0.2, 0.25) is 0 Å². The van der Waals surface area contributed by atoms with Crippen LogP contribution in [0.1, 0.15) is 45.4 Å². The molecule has 1 aromatic rings. The van der Waals surface area contributed by atoms with Gasteiger partial charge in [0.25, 0.3) is 0 Å². The lowest BCUT2D eigenvalue weighted by atomic mass is 9.95. The molecular formula is C10H21N5. The van der Waals surface area contributed by atoms with Crippen molar-refractivity contribution in [2.75, 3.05) is 0 Å². The first-order valence-corrected chi connectivity index (χ1v) is 5.70. The average Bonchev–Trinajstić information content (AvgIpc) is 2.67. The van der Waals surface area contributed by atoms with Crippen molar-refractivity contribution in [2.24, 2.45) is 11.7 Å². The molecule has 0 aromatic carbocycles. The maximum absolute atomic E-state index is 6.02. The molecule has 2 unspecified atom stereocenters. The number of nitrogens with zero attached hydrogens (tertiary/aromatic N) is 3. The van der Waals surface area contributed by atoms with Gasteiger partial charge in [-0.15, -0.1) is 10.2 Å². The molecule has 5 heteroatoms. The molecule has 1 rings (SSSR count). The van der Waals surface area contributed by atoms with Crippen LogP contribution in [0.4, 0.5) is 0 Å². The average molecular weight is 211 g/mol. The fourth-order valence-corrected chi connectivity index (χ4v) is 1.77. The highest BCUT2D eigenvalue weighted by Gasteiger charge is 2.11. The summed E-state index contributed by atoms with van der Waals surface area (Å²) in [6.07, 6.45) is 5.55. The number of aromatic amines is 1. The normalized spacial score (nSPS) is 15.1. The summed E-state index contributed by atoms with van der Waals surface area (Å²) in [4.78, 5) is 0. The molecule has 5 nitrogen and oxygen atoms in total. The zero-order valence-corrected chi connectivity index (χ0v) is 9.61. The molecule has 3 N–H and O–H groups in total. The summed E-state index contributed by atoms with van der Waals surface area (Å²) in [6, 6.07) is 0.148. The van der Waals surface area contributed by atoms with E-state index in [4.69, 9.17) is 5.73 Å². The molecule has 0 bridgehead atoms. The molecular weight excluding hydrogens is 190 g/mol. The number of tetrazole rings is 1. The van der Waals surface area contributed by atoms with E-state index in [1.54, 1.807) is 0 Å². The molecule has 0 saturated carbocycles. The van der Waals surface area contributed by atoms with E-state index in [9.17, 15) is 0 Å². The van der Waals surface area contributed by atoms with E-state index in [1.807, 2.05) is 0 Å². The molecule has 0 radical (unpaired) electrons. The van der Waals surface area contributed by atoms with E-state index in [1.165, 1.54) is 19.3 Å². The van der Waals surface area contributed by atoms with Crippen LogP contribution >= 0.6 is 0 Å². The highest BCUT2D eigenvalue weighted by molar-refractivity contribution is 4.82. The lowest BCUT2D eigenvalue weighted by molar-refractivity contribution is 0.419. The van der Waals surface area contributed by atoms with Crippen molar-refractivity contribution in [3.63, 3.8) is 0 Å². The number of rotatable bonds is 7. The van der Waals surface area contributed by atoms with Gasteiger partial charge < -0.3 is 5.73 Å². The number of aromatic nitrogens is 4. The summed E-state index contributed by atoms with van der Waals surface area (Å²) in [5.41, 5.74) is 6.02.